The number of hydrogen-bond acceptors (Lipinski definition) is 12. The molecule has 0 spiro atoms. The van der Waals surface area contributed by atoms with E-state index in [1.807, 2.05) is 0 Å². The number of ether oxygens (including phenoxy) is 7. The summed E-state index contributed by atoms with van der Waals surface area (Å²) in [5, 5.41) is 0.181. The molecule has 0 amide bonds. The van der Waals surface area contributed by atoms with E-state index in [2.05, 4.69) is 13.2 Å². The van der Waals surface area contributed by atoms with Crippen LogP contribution in [-0.2, 0) is 18.9 Å². The fourth-order valence-electron chi connectivity index (χ4n) is 6.27. The Morgan fingerprint density at radius 2 is 1.20 bits per heavy atom. The Morgan fingerprint density at radius 1 is 0.644 bits per heavy atom. The number of hydrogen-bond donors (Lipinski definition) is 0. The van der Waals surface area contributed by atoms with Crippen LogP contribution in [-0.4, -0.2) is 62.3 Å². The minimum atomic E-state index is -1.48. The number of fused-ring (bicyclic) bond motifs is 1. The molecule has 0 N–H and O–H groups in total. The van der Waals surface area contributed by atoms with E-state index in [-0.39, 0.29) is 51.2 Å². The third-order valence-electron chi connectivity index (χ3n) is 9.14. The van der Waals surface area contributed by atoms with E-state index in [1.165, 1.54) is 24.5 Å². The highest BCUT2D eigenvalue weighted by Crippen LogP contribution is 2.39. The molecule has 1 saturated heterocycles. The van der Waals surface area contributed by atoms with Gasteiger partial charge in [-0.25, -0.2) is 14.4 Å². The van der Waals surface area contributed by atoms with Crippen LogP contribution in [0.3, 0.4) is 0 Å². The molecule has 12 nitrogen and oxygen atoms in total. The Balaban J connectivity index is 1.25. The average Bonchev–Trinajstić information content (AvgIpc) is 3.59. The van der Waals surface area contributed by atoms with E-state index in [9.17, 15) is 19.2 Å². The maximum atomic E-state index is 13.9. The van der Waals surface area contributed by atoms with Gasteiger partial charge in [-0.2, -0.15) is 0 Å². The van der Waals surface area contributed by atoms with Crippen LogP contribution in [0.15, 0.2) is 168 Å². The maximum absolute atomic E-state index is 13.9. The number of rotatable bonds is 16. The van der Waals surface area contributed by atoms with Gasteiger partial charge in [-0.15, -0.1) is 0 Å². The molecule has 0 aliphatic carbocycles. The Bertz CT molecular complexity index is 2480. The van der Waals surface area contributed by atoms with Gasteiger partial charge in [-0.3, -0.25) is 4.79 Å². The summed E-state index contributed by atoms with van der Waals surface area (Å²) >= 11 is 0. The van der Waals surface area contributed by atoms with Gasteiger partial charge in [0.25, 0.3) is 0 Å². The van der Waals surface area contributed by atoms with Crippen LogP contribution in [0.1, 0.15) is 31.1 Å². The smallest absolute Gasteiger partial charge is 0.338 e. The molecule has 0 unspecified atom stereocenters. The predicted molar refractivity (Wildman–Crippen MR) is 217 cm³/mol. The molecular weight excluding hydrogens is 757 g/mol. The van der Waals surface area contributed by atoms with E-state index in [0.717, 1.165) is 0 Å². The molecule has 298 valence electrons. The van der Waals surface area contributed by atoms with Crippen molar-refractivity contribution >= 4 is 28.9 Å². The van der Waals surface area contributed by atoms with Crippen molar-refractivity contribution in [3.05, 3.63) is 186 Å². The molecule has 0 radical (unpaired) electrons. The summed E-state index contributed by atoms with van der Waals surface area (Å²) in [6, 6.07) is 34.7. The molecule has 12 heteroatoms. The predicted octanol–water partition coefficient (Wildman–Crippen LogP) is 8.00. The topological polar surface area (TPSA) is 146 Å². The molecule has 7 rings (SSSR count). The van der Waals surface area contributed by atoms with Gasteiger partial charge in [0.05, 0.1) is 27.6 Å². The first-order valence-electron chi connectivity index (χ1n) is 18.6. The number of benzene rings is 5. The van der Waals surface area contributed by atoms with Crippen LogP contribution in [0.5, 0.6) is 17.2 Å². The van der Waals surface area contributed by atoms with Gasteiger partial charge in [0.15, 0.2) is 17.4 Å². The normalized spacial score (nSPS) is 17.0. The molecule has 1 aliphatic heterocycles. The van der Waals surface area contributed by atoms with Crippen molar-refractivity contribution in [1.29, 1.82) is 0 Å². The second-order valence-electron chi connectivity index (χ2n) is 13.1. The first-order chi connectivity index (χ1) is 28.8. The Morgan fingerprint density at radius 3 is 1.80 bits per heavy atom. The lowest BCUT2D eigenvalue weighted by molar-refractivity contribution is -0.120. The summed E-state index contributed by atoms with van der Waals surface area (Å²) in [7, 11) is 0. The monoisotopic (exact) mass is 794 g/mol. The number of esters is 3. The Kier molecular flexibility index (Phi) is 12.6. The zero-order valence-corrected chi connectivity index (χ0v) is 31.6. The highest BCUT2D eigenvalue weighted by Gasteiger charge is 2.52. The second kappa shape index (κ2) is 18.7. The fraction of sp³-hybridized carbons (Fsp3) is 0.149. The van der Waals surface area contributed by atoms with Crippen molar-refractivity contribution in [2.45, 2.75) is 24.6 Å². The SMILES string of the molecule is C=CCOc1ccc(-c2coc3c(OCC=C)c(O[C@H]4O[C@H](COC(=O)c5ccccc5)[C@@H](OC(=O)c5ccccc5)[C@@H]4OC(=O)c4ccccc4)ccc3c2=O)cc1. The van der Waals surface area contributed by atoms with Crippen molar-refractivity contribution in [1.82, 2.24) is 0 Å². The number of carbonyl (C=O) groups is 3. The minimum Gasteiger partial charge on any atom is -0.490 e. The van der Waals surface area contributed by atoms with Gasteiger partial charge < -0.3 is 37.6 Å². The summed E-state index contributed by atoms with van der Waals surface area (Å²) in [5.74, 6) is -1.53. The molecular formula is C47H38O12. The molecule has 2 heterocycles. The van der Waals surface area contributed by atoms with Crippen molar-refractivity contribution in [3.8, 4) is 28.4 Å². The summed E-state index contributed by atoms with van der Waals surface area (Å²) in [4.78, 5) is 54.2. The van der Waals surface area contributed by atoms with Gasteiger partial charge in [0.1, 0.15) is 37.9 Å². The van der Waals surface area contributed by atoms with Crippen LogP contribution >= 0.6 is 0 Å². The third kappa shape index (κ3) is 9.25. The van der Waals surface area contributed by atoms with E-state index in [4.69, 9.17) is 37.6 Å². The third-order valence-corrected chi connectivity index (χ3v) is 9.14. The van der Waals surface area contributed by atoms with Gasteiger partial charge in [-0.1, -0.05) is 92.0 Å². The summed E-state index contributed by atoms with van der Waals surface area (Å²) in [6.07, 6.45) is -0.997. The molecule has 1 aromatic heterocycles. The molecule has 0 bridgehead atoms. The molecule has 1 fully saturated rings. The van der Waals surface area contributed by atoms with Gasteiger partial charge in [0.2, 0.25) is 23.6 Å². The zero-order chi connectivity index (χ0) is 41.1. The Labute approximate surface area is 338 Å². The van der Waals surface area contributed by atoms with Crippen LogP contribution < -0.4 is 19.6 Å². The van der Waals surface area contributed by atoms with Crippen molar-refractivity contribution in [2.75, 3.05) is 19.8 Å². The quantitative estimate of drug-likeness (QED) is 0.0532. The van der Waals surface area contributed by atoms with Crippen LogP contribution in [0.2, 0.25) is 0 Å². The average molecular weight is 795 g/mol. The second-order valence-corrected chi connectivity index (χ2v) is 13.1. The van der Waals surface area contributed by atoms with E-state index in [0.29, 0.717) is 23.5 Å². The largest absolute Gasteiger partial charge is 0.490 e. The van der Waals surface area contributed by atoms with Crippen LogP contribution in [0.25, 0.3) is 22.1 Å². The van der Waals surface area contributed by atoms with E-state index < -0.39 is 49.1 Å². The standard InChI is InChI=1S/C47H38O12/c1-3-26-52-34-22-20-30(21-23-34)36-28-54-40-35(39(36)48)24-25-37(41(40)53-27-4-2)56-47-43(59-46(51)33-18-12-7-13-19-33)42(58-45(50)32-16-10-6-11-17-32)38(57-47)29-55-44(49)31-14-8-5-9-15-31/h3-25,28,38,42-43,47H,1-2,26-27,29H2/t38-,42-,43+,47+/m1/s1. The van der Waals surface area contributed by atoms with Crippen molar-refractivity contribution < 1.29 is 52.0 Å². The lowest BCUT2D eigenvalue weighted by Crippen LogP contribution is -2.43. The van der Waals surface area contributed by atoms with Crippen LogP contribution in [0.4, 0.5) is 0 Å². The first-order valence-corrected chi connectivity index (χ1v) is 18.6. The highest BCUT2D eigenvalue weighted by molar-refractivity contribution is 5.91. The summed E-state index contributed by atoms with van der Waals surface area (Å²) in [6.45, 7) is 7.30. The van der Waals surface area contributed by atoms with Crippen molar-refractivity contribution in [2.24, 2.45) is 0 Å². The fourth-order valence-corrected chi connectivity index (χ4v) is 6.27. The first kappa shape index (κ1) is 39.8. The Hall–Kier alpha value is -7.44. The minimum absolute atomic E-state index is 0.0135. The highest BCUT2D eigenvalue weighted by atomic mass is 16.7. The van der Waals surface area contributed by atoms with E-state index in [1.54, 1.807) is 121 Å². The lowest BCUT2D eigenvalue weighted by Gasteiger charge is -2.25. The maximum Gasteiger partial charge on any atom is 0.338 e. The van der Waals surface area contributed by atoms with Crippen LogP contribution in [0, 0.1) is 0 Å². The summed E-state index contributed by atoms with van der Waals surface area (Å²) < 4.78 is 48.1. The molecule has 4 atom stereocenters. The molecule has 59 heavy (non-hydrogen) atoms. The zero-order valence-electron chi connectivity index (χ0n) is 31.6. The lowest BCUT2D eigenvalue weighted by atomic mass is 10.0. The molecule has 0 saturated carbocycles. The number of carbonyl (C=O) groups excluding carboxylic acids is 3. The molecule has 5 aromatic carbocycles. The van der Waals surface area contributed by atoms with Crippen molar-refractivity contribution in [3.63, 3.8) is 0 Å². The molecule has 1 aliphatic rings. The van der Waals surface area contributed by atoms with E-state index >= 15 is 0 Å². The molecule has 6 aromatic rings. The summed E-state index contributed by atoms with van der Waals surface area (Å²) in [5.41, 5.74) is 1.29. The van der Waals surface area contributed by atoms with Gasteiger partial charge >= 0.3 is 17.9 Å². The van der Waals surface area contributed by atoms with Gasteiger partial charge in [0, 0.05) is 0 Å². The van der Waals surface area contributed by atoms with Gasteiger partial charge in [-0.05, 0) is 66.2 Å².